The molecule has 1 saturated heterocycles. The van der Waals surface area contributed by atoms with Gasteiger partial charge < -0.3 is 20.3 Å². The van der Waals surface area contributed by atoms with Crippen LogP contribution < -0.4 is 5.32 Å². The SMILES string of the molecule is Cc1cccc2[nH]cc(CCNC(=O)N3CCC(C(C)O)CC3)c12. The number of carbonyl (C=O) groups excluding carboxylic acids is 1. The highest BCUT2D eigenvalue weighted by molar-refractivity contribution is 5.86. The Morgan fingerprint density at radius 1 is 1.42 bits per heavy atom. The summed E-state index contributed by atoms with van der Waals surface area (Å²) in [5.41, 5.74) is 3.66. The number of urea groups is 1. The number of aliphatic hydroxyl groups excluding tert-OH is 1. The van der Waals surface area contributed by atoms with Gasteiger partial charge in [-0.1, -0.05) is 12.1 Å². The highest BCUT2D eigenvalue weighted by Gasteiger charge is 2.25. The van der Waals surface area contributed by atoms with Crippen molar-refractivity contribution < 1.29 is 9.90 Å². The molecule has 1 aliphatic heterocycles. The van der Waals surface area contributed by atoms with E-state index < -0.39 is 0 Å². The molecule has 2 heterocycles. The van der Waals surface area contributed by atoms with Gasteiger partial charge >= 0.3 is 6.03 Å². The second-order valence-electron chi connectivity index (χ2n) is 6.86. The van der Waals surface area contributed by atoms with E-state index in [1.165, 1.54) is 16.5 Å². The number of hydrogen-bond acceptors (Lipinski definition) is 2. The Balaban J connectivity index is 1.50. The van der Waals surface area contributed by atoms with Crippen molar-refractivity contribution in [2.75, 3.05) is 19.6 Å². The number of aromatic amines is 1. The highest BCUT2D eigenvalue weighted by Crippen LogP contribution is 2.22. The lowest BCUT2D eigenvalue weighted by Crippen LogP contribution is -2.46. The number of amides is 2. The molecule has 3 N–H and O–H groups in total. The zero-order chi connectivity index (χ0) is 17.1. The first-order valence-corrected chi connectivity index (χ1v) is 8.82. The van der Waals surface area contributed by atoms with Crippen LogP contribution in [0, 0.1) is 12.8 Å². The first-order chi connectivity index (χ1) is 11.6. The molecule has 3 rings (SSSR count). The van der Waals surface area contributed by atoms with Crippen LogP contribution >= 0.6 is 0 Å². The number of piperidine rings is 1. The minimum absolute atomic E-state index is 0.00982. The Bertz CT molecular complexity index is 700. The number of benzene rings is 1. The van der Waals surface area contributed by atoms with Gasteiger partial charge in [-0.25, -0.2) is 4.79 Å². The maximum Gasteiger partial charge on any atom is 0.317 e. The van der Waals surface area contributed by atoms with Crippen LogP contribution in [0.1, 0.15) is 30.9 Å². The number of aryl methyl sites for hydroxylation is 1. The Morgan fingerprint density at radius 3 is 2.88 bits per heavy atom. The van der Waals surface area contributed by atoms with Crippen molar-refractivity contribution >= 4 is 16.9 Å². The topological polar surface area (TPSA) is 68.4 Å². The summed E-state index contributed by atoms with van der Waals surface area (Å²) in [5, 5.41) is 13.9. The van der Waals surface area contributed by atoms with Crippen molar-refractivity contribution in [3.8, 4) is 0 Å². The Morgan fingerprint density at radius 2 is 2.17 bits per heavy atom. The molecular formula is C19H27N3O2. The van der Waals surface area contributed by atoms with E-state index >= 15 is 0 Å². The van der Waals surface area contributed by atoms with Crippen molar-refractivity contribution in [1.82, 2.24) is 15.2 Å². The monoisotopic (exact) mass is 329 g/mol. The summed E-state index contributed by atoms with van der Waals surface area (Å²) < 4.78 is 0. The fourth-order valence-electron chi connectivity index (χ4n) is 3.65. The van der Waals surface area contributed by atoms with E-state index in [0.29, 0.717) is 12.5 Å². The van der Waals surface area contributed by atoms with Crippen LogP contribution in [0.25, 0.3) is 10.9 Å². The fraction of sp³-hybridized carbons (Fsp3) is 0.526. The maximum atomic E-state index is 12.3. The molecule has 0 radical (unpaired) electrons. The number of rotatable bonds is 4. The first kappa shape index (κ1) is 16.8. The molecule has 1 aliphatic rings. The van der Waals surface area contributed by atoms with Gasteiger partial charge in [-0.05, 0) is 56.2 Å². The Kier molecular flexibility index (Phi) is 5.09. The molecule has 5 heteroatoms. The van der Waals surface area contributed by atoms with Crippen molar-refractivity contribution in [3.63, 3.8) is 0 Å². The minimum Gasteiger partial charge on any atom is -0.393 e. The van der Waals surface area contributed by atoms with Gasteiger partial charge in [-0.2, -0.15) is 0 Å². The van der Waals surface area contributed by atoms with Crippen molar-refractivity contribution in [2.24, 2.45) is 5.92 Å². The molecule has 0 spiro atoms. The van der Waals surface area contributed by atoms with E-state index in [1.807, 2.05) is 18.0 Å². The van der Waals surface area contributed by atoms with Crippen LogP contribution in [-0.2, 0) is 6.42 Å². The summed E-state index contributed by atoms with van der Waals surface area (Å²) in [6.45, 7) is 6.05. The lowest BCUT2D eigenvalue weighted by molar-refractivity contribution is 0.0799. The van der Waals surface area contributed by atoms with Gasteiger partial charge in [0, 0.05) is 36.7 Å². The minimum atomic E-state index is -0.277. The van der Waals surface area contributed by atoms with Crippen molar-refractivity contribution in [3.05, 3.63) is 35.5 Å². The van der Waals surface area contributed by atoms with E-state index in [0.717, 1.165) is 37.9 Å². The molecule has 5 nitrogen and oxygen atoms in total. The Hall–Kier alpha value is -2.01. The summed E-state index contributed by atoms with van der Waals surface area (Å²) in [4.78, 5) is 17.4. The van der Waals surface area contributed by atoms with E-state index in [4.69, 9.17) is 0 Å². The van der Waals surface area contributed by atoms with Gasteiger partial charge in [0.25, 0.3) is 0 Å². The molecule has 0 aliphatic carbocycles. The predicted molar refractivity (Wildman–Crippen MR) is 96.1 cm³/mol. The number of fused-ring (bicyclic) bond motifs is 1. The summed E-state index contributed by atoms with van der Waals surface area (Å²) >= 11 is 0. The number of hydrogen-bond donors (Lipinski definition) is 3. The third kappa shape index (κ3) is 3.56. The third-order valence-corrected chi connectivity index (χ3v) is 5.18. The third-order valence-electron chi connectivity index (χ3n) is 5.18. The van der Waals surface area contributed by atoms with Crippen LogP contribution in [0.3, 0.4) is 0 Å². The van der Waals surface area contributed by atoms with Gasteiger partial charge in [0.05, 0.1) is 6.10 Å². The zero-order valence-corrected chi connectivity index (χ0v) is 14.5. The second kappa shape index (κ2) is 7.26. The molecule has 1 aromatic carbocycles. The molecular weight excluding hydrogens is 302 g/mol. The van der Waals surface area contributed by atoms with Crippen molar-refractivity contribution in [1.29, 1.82) is 0 Å². The van der Waals surface area contributed by atoms with Gasteiger partial charge in [0.2, 0.25) is 0 Å². The average molecular weight is 329 g/mol. The van der Waals surface area contributed by atoms with E-state index in [2.05, 4.69) is 35.4 Å². The molecule has 2 aromatic rings. The number of aliphatic hydroxyl groups is 1. The highest BCUT2D eigenvalue weighted by atomic mass is 16.3. The smallest absolute Gasteiger partial charge is 0.317 e. The first-order valence-electron chi connectivity index (χ1n) is 8.82. The van der Waals surface area contributed by atoms with Gasteiger partial charge in [-0.3, -0.25) is 0 Å². The van der Waals surface area contributed by atoms with Gasteiger partial charge in [-0.15, -0.1) is 0 Å². The normalized spacial score (nSPS) is 17.2. The number of likely N-dealkylation sites (tertiary alicyclic amines) is 1. The number of nitrogens with one attached hydrogen (secondary N) is 2. The molecule has 1 atom stereocenters. The second-order valence-corrected chi connectivity index (χ2v) is 6.86. The molecule has 1 aromatic heterocycles. The molecule has 2 amide bonds. The number of nitrogens with zero attached hydrogens (tertiary/aromatic N) is 1. The zero-order valence-electron chi connectivity index (χ0n) is 14.5. The number of aromatic nitrogens is 1. The largest absolute Gasteiger partial charge is 0.393 e. The molecule has 0 bridgehead atoms. The molecule has 1 unspecified atom stereocenters. The van der Waals surface area contributed by atoms with Gasteiger partial charge in [0.1, 0.15) is 0 Å². The summed E-state index contributed by atoms with van der Waals surface area (Å²) in [7, 11) is 0. The fourth-order valence-corrected chi connectivity index (χ4v) is 3.65. The quantitative estimate of drug-likeness (QED) is 0.807. The van der Waals surface area contributed by atoms with Crippen LogP contribution in [0.4, 0.5) is 4.79 Å². The van der Waals surface area contributed by atoms with Crippen LogP contribution in [-0.4, -0.2) is 46.8 Å². The Labute approximate surface area is 143 Å². The average Bonchev–Trinajstić information content (AvgIpc) is 2.99. The van der Waals surface area contributed by atoms with E-state index in [1.54, 1.807) is 0 Å². The van der Waals surface area contributed by atoms with Crippen molar-refractivity contribution in [2.45, 2.75) is 39.2 Å². The summed E-state index contributed by atoms with van der Waals surface area (Å²) in [6, 6.07) is 6.26. The van der Waals surface area contributed by atoms with Crippen LogP contribution in [0.5, 0.6) is 0 Å². The predicted octanol–water partition coefficient (Wildman–Crippen LogP) is 2.82. The standard InChI is InChI=1S/C19H27N3O2/c1-13-4-3-5-17-18(13)16(12-21-17)6-9-20-19(24)22-10-7-15(8-11-22)14(2)23/h3-5,12,14-15,21,23H,6-11H2,1-2H3,(H,20,24). The summed E-state index contributed by atoms with van der Waals surface area (Å²) in [5.74, 6) is 0.322. The molecule has 0 saturated carbocycles. The molecule has 1 fully saturated rings. The lowest BCUT2D eigenvalue weighted by atomic mass is 9.92. The maximum absolute atomic E-state index is 12.3. The van der Waals surface area contributed by atoms with Crippen LogP contribution in [0.2, 0.25) is 0 Å². The van der Waals surface area contributed by atoms with Crippen LogP contribution in [0.15, 0.2) is 24.4 Å². The summed E-state index contributed by atoms with van der Waals surface area (Å²) in [6.07, 6.45) is 4.35. The number of H-pyrrole nitrogens is 1. The van der Waals surface area contributed by atoms with Gasteiger partial charge in [0.15, 0.2) is 0 Å². The lowest BCUT2D eigenvalue weighted by Gasteiger charge is -2.33. The van der Waals surface area contributed by atoms with E-state index in [-0.39, 0.29) is 12.1 Å². The van der Waals surface area contributed by atoms with E-state index in [9.17, 15) is 9.90 Å². The molecule has 24 heavy (non-hydrogen) atoms. The number of carbonyl (C=O) groups is 1. The molecule has 130 valence electrons.